The van der Waals surface area contributed by atoms with Gasteiger partial charge in [0.2, 0.25) is 0 Å². The van der Waals surface area contributed by atoms with Gasteiger partial charge in [-0.1, -0.05) is 29.8 Å². The molecule has 10 heavy (non-hydrogen) atoms. The van der Waals surface area contributed by atoms with Gasteiger partial charge in [-0.2, -0.15) is 0 Å². The van der Waals surface area contributed by atoms with Gasteiger partial charge in [-0.15, -0.1) is 34.8 Å². The van der Waals surface area contributed by atoms with Crippen molar-refractivity contribution in [3.8, 4) is 0 Å². The molecule has 0 aliphatic heterocycles. The summed E-state index contributed by atoms with van der Waals surface area (Å²) in [6.45, 7) is 0. The minimum absolute atomic E-state index is 0.238. The van der Waals surface area contributed by atoms with Crippen LogP contribution in [0.4, 0.5) is 0 Å². The molecule has 0 aliphatic rings. The van der Waals surface area contributed by atoms with Crippen LogP contribution in [0.1, 0.15) is 0 Å². The summed E-state index contributed by atoms with van der Waals surface area (Å²) in [5.74, 6) is 0. The lowest BCUT2D eigenvalue weighted by Gasteiger charge is -1.93. The van der Waals surface area contributed by atoms with Crippen molar-refractivity contribution < 1.29 is 0 Å². The molecule has 0 N–H and O–H groups in total. The largest absolute Gasteiger partial charge is 0.125 e. The maximum absolute atomic E-state index is 5.65. The van der Waals surface area contributed by atoms with E-state index in [1.807, 2.05) is 0 Å². The molecule has 1 atom stereocenters. The van der Waals surface area contributed by atoms with Gasteiger partial charge in [0.1, 0.15) is 4.84 Å². The van der Waals surface area contributed by atoms with Gasteiger partial charge in [0, 0.05) is 5.54 Å². The zero-order valence-electron chi connectivity index (χ0n) is 4.98. The molecule has 0 nitrogen and oxygen atoms in total. The minimum Gasteiger partial charge on any atom is -0.114 e. The lowest BCUT2D eigenvalue weighted by atomic mass is 10.4. The van der Waals surface area contributed by atoms with Crippen LogP contribution in [0.25, 0.3) is 0 Å². The molecular weight excluding hydrogens is 214 g/mol. The van der Waals surface area contributed by atoms with Crippen LogP contribution in [-0.2, 0) is 0 Å². The number of hydrogen-bond donors (Lipinski definition) is 0. The van der Waals surface area contributed by atoms with Crippen molar-refractivity contribution in [3.63, 3.8) is 0 Å². The molecule has 0 aromatic rings. The van der Waals surface area contributed by atoms with Crippen LogP contribution >= 0.6 is 46.4 Å². The first-order valence-electron chi connectivity index (χ1n) is 2.54. The van der Waals surface area contributed by atoms with Crippen LogP contribution in [0.5, 0.6) is 0 Å². The minimum atomic E-state index is -0.509. The SMILES string of the molecule is ClC=CC(Cl)C=CC(Cl)Cl. The van der Waals surface area contributed by atoms with Crippen molar-refractivity contribution in [2.24, 2.45) is 0 Å². The number of alkyl halides is 3. The van der Waals surface area contributed by atoms with Crippen molar-refractivity contribution in [2.45, 2.75) is 10.2 Å². The molecular formula is C6H6Cl4. The Bertz CT molecular complexity index is 128. The van der Waals surface area contributed by atoms with Crippen LogP contribution in [0.3, 0.4) is 0 Å². The molecule has 0 radical (unpaired) electrons. The molecule has 0 aliphatic carbocycles. The highest BCUT2D eigenvalue weighted by Gasteiger charge is 1.93. The van der Waals surface area contributed by atoms with Gasteiger partial charge < -0.3 is 0 Å². The Labute approximate surface area is 80.4 Å². The number of allylic oxidation sites excluding steroid dienone is 3. The molecule has 0 fully saturated rings. The fraction of sp³-hybridized carbons (Fsp3) is 0.333. The van der Waals surface area contributed by atoms with Crippen molar-refractivity contribution in [3.05, 3.63) is 23.8 Å². The van der Waals surface area contributed by atoms with E-state index in [1.54, 1.807) is 18.2 Å². The predicted molar refractivity (Wildman–Crippen MR) is 49.3 cm³/mol. The van der Waals surface area contributed by atoms with E-state index in [0.717, 1.165) is 0 Å². The van der Waals surface area contributed by atoms with Gasteiger partial charge in [-0.05, 0) is 0 Å². The Morgan fingerprint density at radius 2 is 1.50 bits per heavy atom. The van der Waals surface area contributed by atoms with E-state index in [-0.39, 0.29) is 5.38 Å². The first kappa shape index (κ1) is 10.6. The van der Waals surface area contributed by atoms with Gasteiger partial charge in [0.25, 0.3) is 0 Å². The zero-order chi connectivity index (χ0) is 7.98. The van der Waals surface area contributed by atoms with E-state index in [1.165, 1.54) is 5.54 Å². The van der Waals surface area contributed by atoms with E-state index in [0.29, 0.717) is 0 Å². The number of rotatable bonds is 3. The average molecular weight is 220 g/mol. The van der Waals surface area contributed by atoms with Crippen LogP contribution < -0.4 is 0 Å². The van der Waals surface area contributed by atoms with Gasteiger partial charge in [-0.3, -0.25) is 0 Å². The van der Waals surface area contributed by atoms with Crippen LogP contribution in [-0.4, -0.2) is 10.2 Å². The molecule has 0 aromatic carbocycles. The summed E-state index contributed by atoms with van der Waals surface area (Å²) in [6, 6.07) is 0. The number of halogens is 4. The molecule has 0 rings (SSSR count). The molecule has 0 aromatic heterocycles. The lowest BCUT2D eigenvalue weighted by Crippen LogP contribution is -1.87. The monoisotopic (exact) mass is 218 g/mol. The first-order chi connectivity index (χ1) is 4.66. The normalized spacial score (nSPS) is 15.7. The van der Waals surface area contributed by atoms with Crippen LogP contribution in [0, 0.1) is 0 Å². The molecule has 58 valence electrons. The second kappa shape index (κ2) is 6.36. The van der Waals surface area contributed by atoms with E-state index < -0.39 is 4.84 Å². The molecule has 1 unspecified atom stereocenters. The third-order valence-corrected chi connectivity index (χ3v) is 1.42. The summed E-state index contributed by atoms with van der Waals surface area (Å²) in [5, 5.41) is -0.238. The highest BCUT2D eigenvalue weighted by atomic mass is 35.5. The smallest absolute Gasteiger partial charge is 0.114 e. The van der Waals surface area contributed by atoms with E-state index >= 15 is 0 Å². The first-order valence-corrected chi connectivity index (χ1v) is 4.29. The molecule has 4 heteroatoms. The Kier molecular flexibility index (Phi) is 6.76. The molecule has 0 bridgehead atoms. The number of hydrogen-bond acceptors (Lipinski definition) is 0. The summed E-state index contributed by atoms with van der Waals surface area (Å²) in [6.07, 6.45) is 4.85. The molecule has 0 saturated heterocycles. The maximum atomic E-state index is 5.65. The summed E-state index contributed by atoms with van der Waals surface area (Å²) in [5.41, 5.74) is 1.35. The quantitative estimate of drug-likeness (QED) is 0.502. The molecule has 0 saturated carbocycles. The van der Waals surface area contributed by atoms with E-state index in [9.17, 15) is 0 Å². The average Bonchev–Trinajstić information content (AvgIpc) is 1.85. The third-order valence-electron chi connectivity index (χ3n) is 0.697. The Hall–Kier alpha value is 0.640. The highest BCUT2D eigenvalue weighted by Crippen LogP contribution is 2.07. The van der Waals surface area contributed by atoms with Gasteiger partial charge in [0.15, 0.2) is 0 Å². The summed E-state index contributed by atoms with van der Waals surface area (Å²) in [7, 11) is 0. The van der Waals surface area contributed by atoms with Crippen molar-refractivity contribution in [1.82, 2.24) is 0 Å². The van der Waals surface area contributed by atoms with Crippen LogP contribution in [0.2, 0.25) is 0 Å². The summed E-state index contributed by atoms with van der Waals surface area (Å²) >= 11 is 21.7. The van der Waals surface area contributed by atoms with E-state index in [2.05, 4.69) is 0 Å². The maximum Gasteiger partial charge on any atom is 0.125 e. The molecule has 0 spiro atoms. The summed E-state index contributed by atoms with van der Waals surface area (Å²) < 4.78 is 0. The fourth-order valence-electron chi connectivity index (χ4n) is 0.324. The third kappa shape index (κ3) is 6.76. The standard InChI is InChI=1S/C6H6Cl4/c7-4-3-5(8)1-2-6(9)10/h1-6H. The Morgan fingerprint density at radius 3 is 1.90 bits per heavy atom. The second-order valence-corrected chi connectivity index (χ2v) is 3.40. The van der Waals surface area contributed by atoms with E-state index in [4.69, 9.17) is 46.4 Å². The summed E-state index contributed by atoms with van der Waals surface area (Å²) in [4.78, 5) is -0.509. The molecule has 0 amide bonds. The topological polar surface area (TPSA) is 0 Å². The van der Waals surface area contributed by atoms with Crippen molar-refractivity contribution in [2.75, 3.05) is 0 Å². The zero-order valence-corrected chi connectivity index (χ0v) is 8.00. The Morgan fingerprint density at radius 1 is 0.900 bits per heavy atom. The second-order valence-electron chi connectivity index (χ2n) is 1.48. The van der Waals surface area contributed by atoms with Gasteiger partial charge in [-0.25, -0.2) is 0 Å². The van der Waals surface area contributed by atoms with Crippen molar-refractivity contribution >= 4 is 46.4 Å². The molecule has 0 heterocycles. The van der Waals surface area contributed by atoms with Crippen LogP contribution in [0.15, 0.2) is 23.8 Å². The fourth-order valence-corrected chi connectivity index (χ4v) is 0.880. The lowest BCUT2D eigenvalue weighted by molar-refractivity contribution is 1.37. The predicted octanol–water partition coefficient (Wildman–Crippen LogP) is 3.71. The van der Waals surface area contributed by atoms with Gasteiger partial charge in [0.05, 0.1) is 5.38 Å². The highest BCUT2D eigenvalue weighted by molar-refractivity contribution is 6.45. The van der Waals surface area contributed by atoms with Crippen molar-refractivity contribution in [1.29, 1.82) is 0 Å². The van der Waals surface area contributed by atoms with Gasteiger partial charge >= 0.3 is 0 Å². The Balaban J connectivity index is 3.66.